The molecule has 1 N–H and O–H groups in total. The Bertz CT molecular complexity index is 465. The summed E-state index contributed by atoms with van der Waals surface area (Å²) in [7, 11) is 0. The Balaban J connectivity index is 2.23. The van der Waals surface area contributed by atoms with Gasteiger partial charge in [-0.2, -0.15) is 5.26 Å². The molecule has 1 rings (SSSR count). The lowest BCUT2D eigenvalue weighted by molar-refractivity contribution is -0.123. The number of nitrogens with zero attached hydrogens (tertiary/aromatic N) is 2. The van der Waals surface area contributed by atoms with Gasteiger partial charge in [0.05, 0.1) is 11.6 Å². The number of carbonyl (C=O) groups excluding carboxylic acids is 1. The molecule has 5 heteroatoms. The standard InChI is InChI=1S/C16H23N3O2/c1-3-10-19(4-2)11-9-18-16(20)13-21-15-7-5-14(12-17)6-8-15/h5-8H,3-4,9-11,13H2,1-2H3,(H,18,20). The molecule has 1 aromatic carbocycles. The van der Waals surface area contributed by atoms with Gasteiger partial charge in [0, 0.05) is 13.1 Å². The second kappa shape index (κ2) is 9.78. The Morgan fingerprint density at radius 2 is 2.00 bits per heavy atom. The molecule has 0 aliphatic heterocycles. The van der Waals surface area contributed by atoms with E-state index in [0.717, 1.165) is 26.1 Å². The lowest BCUT2D eigenvalue weighted by Crippen LogP contribution is -2.37. The van der Waals surface area contributed by atoms with E-state index in [9.17, 15) is 4.79 Å². The molecule has 0 aromatic heterocycles. The summed E-state index contributed by atoms with van der Waals surface area (Å²) >= 11 is 0. The largest absolute Gasteiger partial charge is 0.484 e. The van der Waals surface area contributed by atoms with Gasteiger partial charge in [0.15, 0.2) is 6.61 Å². The van der Waals surface area contributed by atoms with E-state index >= 15 is 0 Å². The predicted octanol–water partition coefficient (Wildman–Crippen LogP) is 1.79. The second-order valence-corrected chi connectivity index (χ2v) is 4.71. The van der Waals surface area contributed by atoms with Gasteiger partial charge in [0.1, 0.15) is 5.75 Å². The summed E-state index contributed by atoms with van der Waals surface area (Å²) in [5.41, 5.74) is 0.572. The molecule has 5 nitrogen and oxygen atoms in total. The highest BCUT2D eigenvalue weighted by Gasteiger charge is 2.04. The molecule has 1 amide bonds. The van der Waals surface area contributed by atoms with E-state index in [1.807, 2.05) is 6.07 Å². The lowest BCUT2D eigenvalue weighted by atomic mass is 10.2. The van der Waals surface area contributed by atoms with E-state index < -0.39 is 0 Å². The van der Waals surface area contributed by atoms with Crippen LogP contribution in [0.1, 0.15) is 25.8 Å². The van der Waals surface area contributed by atoms with Crippen molar-refractivity contribution < 1.29 is 9.53 Å². The van der Waals surface area contributed by atoms with Crippen LogP contribution in [-0.2, 0) is 4.79 Å². The maximum absolute atomic E-state index is 11.7. The predicted molar refractivity (Wildman–Crippen MR) is 82.1 cm³/mol. The maximum atomic E-state index is 11.7. The highest BCUT2D eigenvalue weighted by atomic mass is 16.5. The van der Waals surface area contributed by atoms with Crippen LogP contribution in [-0.4, -0.2) is 43.6 Å². The number of likely N-dealkylation sites (N-methyl/N-ethyl adjacent to an activating group) is 1. The number of amides is 1. The van der Waals surface area contributed by atoms with Crippen molar-refractivity contribution in [2.45, 2.75) is 20.3 Å². The van der Waals surface area contributed by atoms with Gasteiger partial charge in [0.2, 0.25) is 0 Å². The Kier molecular flexibility index (Phi) is 7.92. The van der Waals surface area contributed by atoms with Gasteiger partial charge in [0.25, 0.3) is 5.91 Å². The van der Waals surface area contributed by atoms with E-state index in [0.29, 0.717) is 17.9 Å². The van der Waals surface area contributed by atoms with Crippen molar-refractivity contribution in [2.24, 2.45) is 0 Å². The molecular formula is C16H23N3O2. The van der Waals surface area contributed by atoms with Crippen LogP contribution in [0.25, 0.3) is 0 Å². The number of ether oxygens (including phenoxy) is 1. The molecular weight excluding hydrogens is 266 g/mol. The van der Waals surface area contributed by atoms with Crippen molar-refractivity contribution in [2.75, 3.05) is 32.8 Å². The zero-order valence-electron chi connectivity index (χ0n) is 12.8. The van der Waals surface area contributed by atoms with E-state index in [-0.39, 0.29) is 12.5 Å². The summed E-state index contributed by atoms with van der Waals surface area (Å²) < 4.78 is 5.36. The molecule has 114 valence electrons. The molecule has 0 saturated carbocycles. The van der Waals surface area contributed by atoms with Gasteiger partial charge in [-0.25, -0.2) is 0 Å². The topological polar surface area (TPSA) is 65.4 Å². The van der Waals surface area contributed by atoms with E-state index in [1.54, 1.807) is 24.3 Å². The number of nitriles is 1. The van der Waals surface area contributed by atoms with Crippen LogP contribution in [0, 0.1) is 11.3 Å². The van der Waals surface area contributed by atoms with Crippen molar-refractivity contribution in [3.8, 4) is 11.8 Å². The minimum atomic E-state index is -0.132. The third-order valence-electron chi connectivity index (χ3n) is 3.09. The highest BCUT2D eigenvalue weighted by Crippen LogP contribution is 2.11. The third kappa shape index (κ3) is 6.77. The van der Waals surface area contributed by atoms with Crippen LogP contribution in [0.5, 0.6) is 5.75 Å². The highest BCUT2D eigenvalue weighted by molar-refractivity contribution is 5.77. The van der Waals surface area contributed by atoms with E-state index in [2.05, 4.69) is 24.1 Å². The molecule has 21 heavy (non-hydrogen) atoms. The lowest BCUT2D eigenvalue weighted by Gasteiger charge is -2.19. The molecule has 0 aliphatic rings. The molecule has 0 atom stereocenters. The van der Waals surface area contributed by atoms with Gasteiger partial charge in [-0.05, 0) is 43.8 Å². The zero-order chi connectivity index (χ0) is 15.5. The molecule has 0 unspecified atom stereocenters. The van der Waals surface area contributed by atoms with Crippen LogP contribution in [0.4, 0.5) is 0 Å². The number of benzene rings is 1. The first kappa shape index (κ1) is 17.0. The Morgan fingerprint density at radius 1 is 1.29 bits per heavy atom. The normalized spacial score (nSPS) is 10.2. The van der Waals surface area contributed by atoms with Crippen molar-refractivity contribution in [1.29, 1.82) is 5.26 Å². The van der Waals surface area contributed by atoms with Crippen LogP contribution >= 0.6 is 0 Å². The molecule has 0 spiro atoms. The monoisotopic (exact) mass is 289 g/mol. The average molecular weight is 289 g/mol. The van der Waals surface area contributed by atoms with E-state index in [1.165, 1.54) is 0 Å². The quantitative estimate of drug-likeness (QED) is 0.752. The molecule has 0 heterocycles. The van der Waals surface area contributed by atoms with Crippen molar-refractivity contribution in [3.05, 3.63) is 29.8 Å². The SMILES string of the molecule is CCCN(CC)CCNC(=O)COc1ccc(C#N)cc1. The van der Waals surface area contributed by atoms with Crippen LogP contribution in [0.15, 0.2) is 24.3 Å². The van der Waals surface area contributed by atoms with E-state index in [4.69, 9.17) is 10.00 Å². The number of hydrogen-bond acceptors (Lipinski definition) is 4. The first-order valence-corrected chi connectivity index (χ1v) is 7.31. The van der Waals surface area contributed by atoms with Gasteiger partial charge in [-0.3, -0.25) is 4.79 Å². The maximum Gasteiger partial charge on any atom is 0.257 e. The minimum Gasteiger partial charge on any atom is -0.484 e. The first-order chi connectivity index (χ1) is 10.2. The van der Waals surface area contributed by atoms with Gasteiger partial charge < -0.3 is 15.0 Å². The smallest absolute Gasteiger partial charge is 0.257 e. The van der Waals surface area contributed by atoms with Gasteiger partial charge in [-0.1, -0.05) is 13.8 Å². The molecule has 0 bridgehead atoms. The van der Waals surface area contributed by atoms with Crippen molar-refractivity contribution in [3.63, 3.8) is 0 Å². The number of nitrogens with one attached hydrogen (secondary N) is 1. The number of hydrogen-bond donors (Lipinski definition) is 1. The fraction of sp³-hybridized carbons (Fsp3) is 0.500. The van der Waals surface area contributed by atoms with Gasteiger partial charge in [-0.15, -0.1) is 0 Å². The summed E-state index contributed by atoms with van der Waals surface area (Å²) in [6.45, 7) is 7.78. The van der Waals surface area contributed by atoms with Crippen LogP contribution < -0.4 is 10.1 Å². The summed E-state index contributed by atoms with van der Waals surface area (Å²) in [5, 5.41) is 11.5. The van der Waals surface area contributed by atoms with Crippen molar-refractivity contribution >= 4 is 5.91 Å². The number of rotatable bonds is 9. The Hall–Kier alpha value is -2.06. The molecule has 1 aromatic rings. The molecule has 0 saturated heterocycles. The summed E-state index contributed by atoms with van der Waals surface area (Å²) in [6, 6.07) is 8.73. The second-order valence-electron chi connectivity index (χ2n) is 4.71. The Labute approximate surface area is 126 Å². The summed E-state index contributed by atoms with van der Waals surface area (Å²) in [5.74, 6) is 0.456. The summed E-state index contributed by atoms with van der Waals surface area (Å²) in [6.07, 6.45) is 1.11. The fourth-order valence-corrected chi connectivity index (χ4v) is 1.92. The van der Waals surface area contributed by atoms with Crippen molar-refractivity contribution in [1.82, 2.24) is 10.2 Å². The zero-order valence-corrected chi connectivity index (χ0v) is 12.8. The molecule has 0 aliphatic carbocycles. The fourth-order valence-electron chi connectivity index (χ4n) is 1.92. The average Bonchev–Trinajstić information content (AvgIpc) is 2.52. The number of carbonyl (C=O) groups is 1. The molecule has 0 fully saturated rings. The first-order valence-electron chi connectivity index (χ1n) is 7.31. The van der Waals surface area contributed by atoms with Gasteiger partial charge >= 0.3 is 0 Å². The minimum absolute atomic E-state index is 0.00813. The third-order valence-corrected chi connectivity index (χ3v) is 3.09. The molecule has 0 radical (unpaired) electrons. The van der Waals surface area contributed by atoms with Crippen LogP contribution in [0.2, 0.25) is 0 Å². The summed E-state index contributed by atoms with van der Waals surface area (Å²) in [4.78, 5) is 14.0. The van der Waals surface area contributed by atoms with Crippen LogP contribution in [0.3, 0.4) is 0 Å². The Morgan fingerprint density at radius 3 is 2.57 bits per heavy atom.